The van der Waals surface area contributed by atoms with Crippen molar-refractivity contribution in [3.8, 4) is 11.6 Å². The number of para-hydroxylation sites is 2. The second-order valence-corrected chi connectivity index (χ2v) is 4.06. The quantitative estimate of drug-likeness (QED) is 0.556. The number of nitro benzene ring substituents is 1. The van der Waals surface area contributed by atoms with Gasteiger partial charge in [-0.3, -0.25) is 15.2 Å². The number of ether oxygens (including phenoxy) is 1. The van der Waals surface area contributed by atoms with E-state index in [-0.39, 0.29) is 17.3 Å². The van der Waals surface area contributed by atoms with E-state index in [2.05, 4.69) is 25.5 Å². The van der Waals surface area contributed by atoms with Gasteiger partial charge < -0.3 is 10.1 Å². The Balaban J connectivity index is 2.10. The number of rotatable bonds is 4. The Kier molecular flexibility index (Phi) is 3.07. The molecule has 3 aromatic rings. The zero-order valence-corrected chi connectivity index (χ0v) is 10.9. The molecule has 0 aliphatic carbocycles. The number of fused-ring (bicyclic) bond motifs is 1. The number of aromatic amines is 1. The average Bonchev–Trinajstić information content (AvgIpc) is 2.96. The van der Waals surface area contributed by atoms with Crippen molar-refractivity contribution in [2.24, 2.45) is 0 Å². The second-order valence-electron chi connectivity index (χ2n) is 4.06. The summed E-state index contributed by atoms with van der Waals surface area (Å²) in [7, 11) is 1.66. The van der Waals surface area contributed by atoms with Gasteiger partial charge in [0.15, 0.2) is 5.65 Å². The molecule has 0 saturated heterocycles. The van der Waals surface area contributed by atoms with Crippen molar-refractivity contribution in [2.45, 2.75) is 0 Å². The van der Waals surface area contributed by atoms with Crippen molar-refractivity contribution in [3.05, 3.63) is 40.6 Å². The maximum absolute atomic E-state index is 11.0. The van der Waals surface area contributed by atoms with Gasteiger partial charge in [-0.1, -0.05) is 12.1 Å². The Morgan fingerprint density at radius 3 is 2.90 bits per heavy atom. The largest absolute Gasteiger partial charge is 0.431 e. The first kappa shape index (κ1) is 12.8. The number of hydrogen-bond donors (Lipinski definition) is 2. The normalized spacial score (nSPS) is 10.5. The molecule has 0 amide bonds. The van der Waals surface area contributed by atoms with Crippen molar-refractivity contribution in [1.29, 1.82) is 0 Å². The highest BCUT2D eigenvalue weighted by atomic mass is 16.6. The summed E-state index contributed by atoms with van der Waals surface area (Å²) >= 11 is 0. The monoisotopic (exact) mass is 286 g/mol. The van der Waals surface area contributed by atoms with E-state index in [1.165, 1.54) is 18.3 Å². The third-order valence-electron chi connectivity index (χ3n) is 2.77. The number of nitrogens with one attached hydrogen (secondary N) is 2. The standard InChI is InChI=1S/C12H10N6O3/c1-13-12-15-10-7(6-14-17-10)11(16-12)21-9-5-3-2-4-8(9)18(19)20/h2-6H,1H3,(H2,13,14,15,16,17). The lowest BCUT2D eigenvalue weighted by molar-refractivity contribution is -0.385. The van der Waals surface area contributed by atoms with E-state index in [1.54, 1.807) is 19.2 Å². The molecule has 106 valence electrons. The van der Waals surface area contributed by atoms with Gasteiger partial charge in [0.05, 0.1) is 11.1 Å². The molecule has 0 aliphatic heterocycles. The fraction of sp³-hybridized carbons (Fsp3) is 0.0833. The fourth-order valence-corrected chi connectivity index (χ4v) is 1.80. The predicted octanol–water partition coefficient (Wildman–Crippen LogP) is 2.10. The molecule has 0 saturated carbocycles. The van der Waals surface area contributed by atoms with E-state index in [0.29, 0.717) is 17.0 Å². The Morgan fingerprint density at radius 2 is 2.14 bits per heavy atom. The number of nitro groups is 1. The Bertz CT molecular complexity index is 816. The van der Waals surface area contributed by atoms with Crippen molar-refractivity contribution in [3.63, 3.8) is 0 Å². The van der Waals surface area contributed by atoms with Crippen molar-refractivity contribution >= 4 is 22.7 Å². The summed E-state index contributed by atoms with van der Waals surface area (Å²) in [5, 5.41) is 20.9. The molecule has 21 heavy (non-hydrogen) atoms. The fourth-order valence-electron chi connectivity index (χ4n) is 1.80. The van der Waals surface area contributed by atoms with E-state index in [4.69, 9.17) is 4.74 Å². The van der Waals surface area contributed by atoms with Gasteiger partial charge in [-0.15, -0.1) is 0 Å². The van der Waals surface area contributed by atoms with E-state index < -0.39 is 4.92 Å². The first-order chi connectivity index (χ1) is 10.2. The van der Waals surface area contributed by atoms with Gasteiger partial charge in [-0.2, -0.15) is 15.1 Å². The third kappa shape index (κ3) is 2.31. The zero-order valence-electron chi connectivity index (χ0n) is 10.9. The lowest BCUT2D eigenvalue weighted by Gasteiger charge is -2.07. The summed E-state index contributed by atoms with van der Waals surface area (Å²) < 4.78 is 5.59. The minimum Gasteiger partial charge on any atom is -0.431 e. The van der Waals surface area contributed by atoms with Crippen LogP contribution in [0.15, 0.2) is 30.5 Å². The van der Waals surface area contributed by atoms with Crippen LogP contribution in [0.3, 0.4) is 0 Å². The van der Waals surface area contributed by atoms with Crippen molar-refractivity contribution in [1.82, 2.24) is 20.2 Å². The van der Waals surface area contributed by atoms with Gasteiger partial charge in [0.2, 0.25) is 17.6 Å². The Labute approximate surface area is 118 Å². The van der Waals surface area contributed by atoms with Gasteiger partial charge in [0.1, 0.15) is 5.39 Å². The van der Waals surface area contributed by atoms with Crippen LogP contribution in [-0.2, 0) is 0 Å². The molecule has 9 heteroatoms. The molecule has 0 unspecified atom stereocenters. The molecule has 2 aromatic heterocycles. The highest BCUT2D eigenvalue weighted by Gasteiger charge is 2.18. The minimum absolute atomic E-state index is 0.103. The summed E-state index contributed by atoms with van der Waals surface area (Å²) in [6.45, 7) is 0. The topological polar surface area (TPSA) is 119 Å². The molecule has 0 bridgehead atoms. The van der Waals surface area contributed by atoms with Crippen LogP contribution in [0.2, 0.25) is 0 Å². The smallest absolute Gasteiger partial charge is 0.311 e. The van der Waals surface area contributed by atoms with Crippen LogP contribution in [0.5, 0.6) is 11.6 Å². The van der Waals surface area contributed by atoms with Crippen LogP contribution < -0.4 is 10.1 Å². The van der Waals surface area contributed by atoms with Crippen LogP contribution in [0, 0.1) is 10.1 Å². The Morgan fingerprint density at radius 1 is 1.33 bits per heavy atom. The first-order valence-electron chi connectivity index (χ1n) is 5.99. The number of hydrogen-bond acceptors (Lipinski definition) is 7. The summed E-state index contributed by atoms with van der Waals surface area (Å²) in [6.07, 6.45) is 1.50. The van der Waals surface area contributed by atoms with Crippen LogP contribution in [-0.4, -0.2) is 32.1 Å². The maximum Gasteiger partial charge on any atom is 0.311 e. The minimum atomic E-state index is -0.512. The summed E-state index contributed by atoms with van der Waals surface area (Å²) in [6, 6.07) is 6.08. The lowest BCUT2D eigenvalue weighted by atomic mass is 10.3. The summed E-state index contributed by atoms with van der Waals surface area (Å²) in [5.41, 5.74) is 0.335. The van der Waals surface area contributed by atoms with Gasteiger partial charge in [0, 0.05) is 13.1 Å². The molecule has 9 nitrogen and oxygen atoms in total. The first-order valence-corrected chi connectivity index (χ1v) is 5.99. The molecule has 2 N–H and O–H groups in total. The molecule has 0 fully saturated rings. The number of nitrogens with zero attached hydrogens (tertiary/aromatic N) is 4. The number of anilines is 1. The van der Waals surface area contributed by atoms with Crippen LogP contribution >= 0.6 is 0 Å². The third-order valence-corrected chi connectivity index (χ3v) is 2.77. The van der Waals surface area contributed by atoms with E-state index in [9.17, 15) is 10.1 Å². The van der Waals surface area contributed by atoms with E-state index in [1.807, 2.05) is 0 Å². The summed E-state index contributed by atoms with van der Waals surface area (Å²) in [4.78, 5) is 18.8. The second kappa shape index (κ2) is 5.04. The van der Waals surface area contributed by atoms with Crippen LogP contribution in [0.25, 0.3) is 11.0 Å². The predicted molar refractivity (Wildman–Crippen MR) is 74.4 cm³/mol. The maximum atomic E-state index is 11.0. The number of benzene rings is 1. The van der Waals surface area contributed by atoms with Gasteiger partial charge >= 0.3 is 5.69 Å². The highest BCUT2D eigenvalue weighted by Crippen LogP contribution is 2.33. The molecule has 3 rings (SSSR count). The molecule has 1 aromatic carbocycles. The van der Waals surface area contributed by atoms with Crippen molar-refractivity contribution in [2.75, 3.05) is 12.4 Å². The molecule has 2 heterocycles. The molecular formula is C12H10N6O3. The van der Waals surface area contributed by atoms with Crippen LogP contribution in [0.1, 0.15) is 0 Å². The number of H-pyrrole nitrogens is 1. The summed E-state index contributed by atoms with van der Waals surface area (Å²) in [5.74, 6) is 0.610. The molecule has 0 atom stereocenters. The van der Waals surface area contributed by atoms with Gasteiger partial charge in [0.25, 0.3) is 0 Å². The Hall–Kier alpha value is -3.23. The zero-order chi connectivity index (χ0) is 14.8. The van der Waals surface area contributed by atoms with Gasteiger partial charge in [-0.05, 0) is 6.07 Å². The van der Waals surface area contributed by atoms with Gasteiger partial charge in [-0.25, -0.2) is 0 Å². The van der Waals surface area contributed by atoms with E-state index >= 15 is 0 Å². The molecule has 0 aliphatic rings. The SMILES string of the molecule is CNc1nc(Oc2ccccc2[N+](=O)[O-])c2cn[nH]c2n1. The van der Waals surface area contributed by atoms with E-state index in [0.717, 1.165) is 0 Å². The highest BCUT2D eigenvalue weighted by molar-refractivity contribution is 5.81. The van der Waals surface area contributed by atoms with Crippen LogP contribution in [0.4, 0.5) is 11.6 Å². The molecule has 0 spiro atoms. The molecule has 0 radical (unpaired) electrons. The lowest BCUT2D eigenvalue weighted by Crippen LogP contribution is -2.00. The average molecular weight is 286 g/mol. The number of aromatic nitrogens is 4. The molecular weight excluding hydrogens is 276 g/mol. The van der Waals surface area contributed by atoms with Crippen molar-refractivity contribution < 1.29 is 9.66 Å².